The highest BCUT2D eigenvalue weighted by atomic mass is 16.5. The lowest BCUT2D eigenvalue weighted by Crippen LogP contribution is -2.36. The van der Waals surface area contributed by atoms with E-state index >= 15 is 0 Å². The van der Waals surface area contributed by atoms with Crippen molar-refractivity contribution in [1.29, 1.82) is 5.26 Å². The average molecular weight is 448 g/mol. The first-order valence-electron chi connectivity index (χ1n) is 10.8. The number of carbonyl (C=O) groups excluding carboxylic acids is 2. The zero-order chi connectivity index (χ0) is 23.7. The van der Waals surface area contributed by atoms with E-state index < -0.39 is 17.6 Å². The SMILES string of the molecule is CN(C(=O)C(C#N)C(=O)c1nn(-c2ccccc2)c2c1COc1ccccc1-2)c1ccccc1. The van der Waals surface area contributed by atoms with E-state index in [-0.39, 0.29) is 12.3 Å². The molecule has 34 heavy (non-hydrogen) atoms. The number of benzene rings is 3. The molecule has 0 radical (unpaired) electrons. The van der Waals surface area contributed by atoms with E-state index in [1.165, 1.54) is 4.90 Å². The van der Waals surface area contributed by atoms with Gasteiger partial charge in [-0.1, -0.05) is 48.5 Å². The van der Waals surface area contributed by atoms with Crippen LogP contribution in [0.1, 0.15) is 16.1 Å². The van der Waals surface area contributed by atoms with Crippen molar-refractivity contribution in [3.63, 3.8) is 0 Å². The van der Waals surface area contributed by atoms with Gasteiger partial charge in [-0.2, -0.15) is 10.4 Å². The molecule has 1 aromatic heterocycles. The Kier molecular flexibility index (Phi) is 5.40. The summed E-state index contributed by atoms with van der Waals surface area (Å²) >= 11 is 0. The van der Waals surface area contributed by atoms with E-state index in [2.05, 4.69) is 5.10 Å². The van der Waals surface area contributed by atoms with Gasteiger partial charge < -0.3 is 9.64 Å². The number of aromatic nitrogens is 2. The van der Waals surface area contributed by atoms with Crippen LogP contribution in [0.5, 0.6) is 5.75 Å². The van der Waals surface area contributed by atoms with Crippen molar-refractivity contribution in [2.75, 3.05) is 11.9 Å². The third kappa shape index (κ3) is 3.51. The molecule has 0 saturated carbocycles. The standard InChI is InChI=1S/C27H20N4O3/c1-30(18-10-4-2-5-11-18)27(33)21(16-28)26(32)24-22-17-34-23-15-9-8-14-20(23)25(22)31(29-24)19-12-6-3-7-13-19/h2-15,21H,17H2,1H3. The summed E-state index contributed by atoms with van der Waals surface area (Å²) in [6, 6.07) is 27.7. The number of ketones is 1. The van der Waals surface area contributed by atoms with Crippen LogP contribution < -0.4 is 9.64 Å². The van der Waals surface area contributed by atoms with Crippen molar-refractivity contribution in [3.05, 3.63) is 96.2 Å². The number of ether oxygens (including phenoxy) is 1. The van der Waals surface area contributed by atoms with Crippen LogP contribution in [-0.2, 0) is 11.4 Å². The maximum Gasteiger partial charge on any atom is 0.252 e. The first kappa shape index (κ1) is 21.2. The monoisotopic (exact) mass is 448 g/mol. The van der Waals surface area contributed by atoms with Crippen molar-refractivity contribution < 1.29 is 14.3 Å². The number of carbonyl (C=O) groups is 2. The van der Waals surface area contributed by atoms with Crippen LogP contribution in [0.3, 0.4) is 0 Å². The molecule has 0 N–H and O–H groups in total. The lowest BCUT2D eigenvalue weighted by atomic mass is 9.95. The number of rotatable bonds is 5. The molecule has 3 aromatic carbocycles. The maximum absolute atomic E-state index is 13.6. The molecule has 1 amide bonds. The summed E-state index contributed by atoms with van der Waals surface area (Å²) in [7, 11) is 1.55. The molecule has 7 heteroatoms. The van der Waals surface area contributed by atoms with E-state index in [1.807, 2.05) is 66.7 Å². The fourth-order valence-electron chi connectivity index (χ4n) is 4.09. The summed E-state index contributed by atoms with van der Waals surface area (Å²) < 4.78 is 7.58. The highest BCUT2D eigenvalue weighted by molar-refractivity contribution is 6.16. The fourth-order valence-corrected chi connectivity index (χ4v) is 4.09. The molecule has 1 unspecified atom stereocenters. The van der Waals surface area contributed by atoms with E-state index in [0.29, 0.717) is 17.0 Å². The molecule has 1 atom stereocenters. The maximum atomic E-state index is 13.6. The van der Waals surface area contributed by atoms with Gasteiger partial charge in [0.2, 0.25) is 5.78 Å². The number of Topliss-reactive ketones (excluding diaryl/α,β-unsaturated/α-hetero) is 1. The minimum absolute atomic E-state index is 0.0646. The molecule has 0 aliphatic carbocycles. The summed E-state index contributed by atoms with van der Waals surface area (Å²) in [4.78, 5) is 28.0. The lowest BCUT2D eigenvalue weighted by molar-refractivity contribution is -0.119. The van der Waals surface area contributed by atoms with Gasteiger partial charge in [-0.3, -0.25) is 9.59 Å². The molecule has 0 bridgehead atoms. The largest absolute Gasteiger partial charge is 0.488 e. The second-order valence-electron chi connectivity index (χ2n) is 7.87. The lowest BCUT2D eigenvalue weighted by Gasteiger charge is -2.20. The molecule has 0 fully saturated rings. The number of hydrogen-bond donors (Lipinski definition) is 0. The van der Waals surface area contributed by atoms with E-state index in [9.17, 15) is 14.9 Å². The Morgan fingerprint density at radius 1 is 1.00 bits per heavy atom. The Morgan fingerprint density at radius 2 is 1.65 bits per heavy atom. The number of nitriles is 1. The first-order chi connectivity index (χ1) is 16.6. The van der Waals surface area contributed by atoms with E-state index in [4.69, 9.17) is 4.74 Å². The van der Waals surface area contributed by atoms with Crippen LogP contribution >= 0.6 is 0 Å². The predicted molar refractivity (Wildman–Crippen MR) is 127 cm³/mol. The van der Waals surface area contributed by atoms with Crippen molar-refractivity contribution in [2.24, 2.45) is 5.92 Å². The Morgan fingerprint density at radius 3 is 2.35 bits per heavy atom. The molecule has 1 aliphatic heterocycles. The molecular formula is C27H20N4O3. The van der Waals surface area contributed by atoms with Gasteiger partial charge in [-0.05, 0) is 36.4 Å². The Labute approximate surface area is 196 Å². The van der Waals surface area contributed by atoms with Gasteiger partial charge in [0, 0.05) is 23.9 Å². The van der Waals surface area contributed by atoms with Crippen LogP contribution in [0.15, 0.2) is 84.9 Å². The van der Waals surface area contributed by atoms with E-state index in [1.54, 1.807) is 36.0 Å². The van der Waals surface area contributed by atoms with Crippen LogP contribution in [0.2, 0.25) is 0 Å². The number of amides is 1. The molecule has 4 aromatic rings. The van der Waals surface area contributed by atoms with Gasteiger partial charge in [0.05, 0.1) is 17.5 Å². The highest BCUT2D eigenvalue weighted by Gasteiger charge is 2.37. The minimum Gasteiger partial charge on any atom is -0.488 e. The van der Waals surface area contributed by atoms with Gasteiger partial charge in [-0.15, -0.1) is 0 Å². The Bertz CT molecular complexity index is 1420. The summed E-state index contributed by atoms with van der Waals surface area (Å²) in [6.07, 6.45) is 0. The second kappa shape index (κ2) is 8.68. The zero-order valence-electron chi connectivity index (χ0n) is 18.4. The molecular weight excluding hydrogens is 428 g/mol. The van der Waals surface area contributed by atoms with Crippen LogP contribution in [-0.4, -0.2) is 28.5 Å². The smallest absolute Gasteiger partial charge is 0.252 e. The second-order valence-corrected chi connectivity index (χ2v) is 7.87. The van der Waals surface area contributed by atoms with E-state index in [0.717, 1.165) is 16.9 Å². The predicted octanol–water partition coefficient (Wildman–Crippen LogP) is 4.42. The summed E-state index contributed by atoms with van der Waals surface area (Å²) in [5.74, 6) is -2.11. The van der Waals surface area contributed by atoms with Crippen LogP contribution in [0.25, 0.3) is 16.9 Å². The number of nitrogens with zero attached hydrogens (tertiary/aromatic N) is 4. The number of anilines is 1. The quantitative estimate of drug-likeness (QED) is 0.333. The number of hydrogen-bond acceptors (Lipinski definition) is 5. The van der Waals surface area contributed by atoms with Gasteiger partial charge >= 0.3 is 0 Å². The van der Waals surface area contributed by atoms with Crippen LogP contribution in [0.4, 0.5) is 5.69 Å². The van der Waals surface area contributed by atoms with Crippen molar-refractivity contribution >= 4 is 17.4 Å². The Hall–Kier alpha value is -4.70. The van der Waals surface area contributed by atoms with Gasteiger partial charge in [-0.25, -0.2) is 4.68 Å². The van der Waals surface area contributed by atoms with Crippen molar-refractivity contribution in [2.45, 2.75) is 6.61 Å². The molecule has 7 nitrogen and oxygen atoms in total. The van der Waals surface area contributed by atoms with Gasteiger partial charge in [0.1, 0.15) is 18.1 Å². The number of para-hydroxylation sites is 3. The molecule has 1 aliphatic rings. The third-order valence-electron chi connectivity index (χ3n) is 5.84. The molecule has 0 saturated heterocycles. The fraction of sp³-hybridized carbons (Fsp3) is 0.111. The molecule has 0 spiro atoms. The first-order valence-corrected chi connectivity index (χ1v) is 10.8. The average Bonchev–Trinajstić information content (AvgIpc) is 3.30. The molecule has 5 rings (SSSR count). The summed E-state index contributed by atoms with van der Waals surface area (Å²) in [5, 5.41) is 14.4. The summed E-state index contributed by atoms with van der Waals surface area (Å²) in [6.45, 7) is 0.112. The molecule has 2 heterocycles. The third-order valence-corrected chi connectivity index (χ3v) is 5.84. The Balaban J connectivity index is 1.61. The minimum atomic E-state index is -1.54. The van der Waals surface area contributed by atoms with Crippen molar-refractivity contribution in [3.8, 4) is 28.8 Å². The number of fused-ring (bicyclic) bond motifs is 3. The topological polar surface area (TPSA) is 88.2 Å². The molecule has 166 valence electrons. The summed E-state index contributed by atoms with van der Waals surface area (Å²) in [5.41, 5.74) is 3.49. The van der Waals surface area contributed by atoms with Crippen molar-refractivity contribution in [1.82, 2.24) is 9.78 Å². The highest BCUT2D eigenvalue weighted by Crippen LogP contribution is 2.40. The van der Waals surface area contributed by atoms with Crippen LogP contribution in [0, 0.1) is 17.2 Å². The van der Waals surface area contributed by atoms with Gasteiger partial charge in [0.15, 0.2) is 5.92 Å². The van der Waals surface area contributed by atoms with Gasteiger partial charge in [0.25, 0.3) is 5.91 Å². The normalized spacial score (nSPS) is 12.5. The zero-order valence-corrected chi connectivity index (χ0v) is 18.4.